The van der Waals surface area contributed by atoms with E-state index >= 15 is 0 Å². The SMILES string of the molecule is c1ccc2c(c1)Sc1cccc3c1B2c1ccccc1[Si]31c2ccccc2B(c2ccc(-n3c4ccccc4c4ccccc43)cc2)c2ccccc21. The first-order valence-electron chi connectivity index (χ1n) is 18.6. The summed E-state index contributed by atoms with van der Waals surface area (Å²) in [7, 11) is -2.74. The van der Waals surface area contributed by atoms with E-state index in [-0.39, 0.29) is 13.4 Å². The van der Waals surface area contributed by atoms with Crippen LogP contribution in [0.25, 0.3) is 27.5 Å². The Morgan fingerprint density at radius 3 is 1.47 bits per heavy atom. The number of nitrogens with zero attached hydrogens (tertiary/aromatic N) is 1. The molecule has 0 atom stereocenters. The fourth-order valence-electron chi connectivity index (χ4n) is 10.4. The van der Waals surface area contributed by atoms with Gasteiger partial charge in [-0.15, -0.1) is 0 Å². The van der Waals surface area contributed by atoms with Gasteiger partial charge in [-0.05, 0) is 57.1 Å². The fourth-order valence-corrected chi connectivity index (χ4v) is 17.4. The van der Waals surface area contributed by atoms with Gasteiger partial charge in [-0.3, -0.25) is 0 Å². The zero-order valence-corrected chi connectivity index (χ0v) is 30.7. The lowest BCUT2D eigenvalue weighted by Crippen LogP contribution is -2.93. The Labute approximate surface area is 315 Å². The van der Waals surface area contributed by atoms with Crippen molar-refractivity contribution in [2.75, 3.05) is 0 Å². The topological polar surface area (TPSA) is 4.93 Å². The highest BCUT2D eigenvalue weighted by Crippen LogP contribution is 2.33. The molecule has 0 N–H and O–H groups in total. The first-order chi connectivity index (χ1) is 26.3. The zero-order valence-electron chi connectivity index (χ0n) is 28.9. The van der Waals surface area contributed by atoms with Crippen LogP contribution >= 0.6 is 11.8 Å². The third-order valence-electron chi connectivity index (χ3n) is 12.3. The molecule has 9 aromatic rings. The van der Waals surface area contributed by atoms with Gasteiger partial charge in [-0.2, -0.15) is 0 Å². The summed E-state index contributed by atoms with van der Waals surface area (Å²) in [6, 6.07) is 71.7. The van der Waals surface area contributed by atoms with Gasteiger partial charge < -0.3 is 4.57 Å². The molecule has 1 nitrogen and oxygen atoms in total. The van der Waals surface area contributed by atoms with Gasteiger partial charge in [0.1, 0.15) is 0 Å². The van der Waals surface area contributed by atoms with Crippen molar-refractivity contribution in [3.8, 4) is 5.69 Å². The second kappa shape index (κ2) is 11.1. The van der Waals surface area contributed by atoms with E-state index < -0.39 is 8.07 Å². The minimum atomic E-state index is -2.74. The summed E-state index contributed by atoms with van der Waals surface area (Å²) >= 11 is 1.95. The highest BCUT2D eigenvalue weighted by Gasteiger charge is 2.56. The summed E-state index contributed by atoms with van der Waals surface area (Å²) in [5.41, 5.74) is 12.3. The van der Waals surface area contributed by atoms with Crippen molar-refractivity contribution in [3.05, 3.63) is 188 Å². The number of aromatic nitrogens is 1. The van der Waals surface area contributed by atoms with Crippen molar-refractivity contribution in [1.29, 1.82) is 0 Å². The molecule has 1 aromatic heterocycles. The summed E-state index contributed by atoms with van der Waals surface area (Å²) < 4.78 is 2.42. The lowest BCUT2D eigenvalue weighted by Gasteiger charge is -2.49. The normalized spacial score (nSPS) is 14.4. The molecular formula is C48H31B2NSSi. The molecule has 53 heavy (non-hydrogen) atoms. The number of hydrogen-bond donors (Lipinski definition) is 0. The number of para-hydroxylation sites is 2. The van der Waals surface area contributed by atoms with E-state index in [9.17, 15) is 0 Å². The van der Waals surface area contributed by atoms with Crippen molar-refractivity contribution < 1.29 is 0 Å². The van der Waals surface area contributed by atoms with Crippen LogP contribution in [0.5, 0.6) is 0 Å². The number of rotatable bonds is 2. The van der Waals surface area contributed by atoms with Gasteiger partial charge in [0.05, 0.1) is 11.0 Å². The predicted octanol–water partition coefficient (Wildman–Crippen LogP) is 4.28. The highest BCUT2D eigenvalue weighted by molar-refractivity contribution is 8.00. The van der Waals surface area contributed by atoms with Crippen molar-refractivity contribution in [2.24, 2.45) is 0 Å². The number of benzene rings is 8. The van der Waals surface area contributed by atoms with Gasteiger partial charge >= 0.3 is 0 Å². The summed E-state index contributed by atoms with van der Waals surface area (Å²) in [4.78, 5) is 2.79. The summed E-state index contributed by atoms with van der Waals surface area (Å²) in [5.74, 6) is 0. The molecule has 0 fully saturated rings. The molecule has 5 heteroatoms. The maximum absolute atomic E-state index is 2.74. The number of fused-ring (bicyclic) bond motifs is 13. The Kier molecular flexibility index (Phi) is 6.26. The van der Waals surface area contributed by atoms with Crippen LogP contribution in [-0.2, 0) is 0 Å². The summed E-state index contributed by atoms with van der Waals surface area (Å²) in [6.07, 6.45) is 0. The van der Waals surface area contributed by atoms with Crippen molar-refractivity contribution in [1.82, 2.24) is 4.57 Å². The van der Waals surface area contributed by atoms with E-state index in [1.165, 1.54) is 85.6 Å². The summed E-state index contributed by atoms with van der Waals surface area (Å²) in [6.45, 7) is 0.366. The molecule has 244 valence electrons. The Balaban J connectivity index is 1.10. The predicted molar refractivity (Wildman–Crippen MR) is 231 cm³/mol. The van der Waals surface area contributed by atoms with Crippen LogP contribution in [0.4, 0.5) is 0 Å². The molecule has 3 aliphatic heterocycles. The van der Waals surface area contributed by atoms with E-state index in [0.29, 0.717) is 0 Å². The fraction of sp³-hybridized carbons (Fsp3) is 0. The van der Waals surface area contributed by atoms with Gasteiger partial charge in [-0.1, -0.05) is 196 Å². The molecule has 12 rings (SSSR count). The van der Waals surface area contributed by atoms with Crippen molar-refractivity contribution in [2.45, 2.75) is 9.79 Å². The molecule has 0 aliphatic carbocycles. The molecule has 0 radical (unpaired) electrons. The largest absolute Gasteiger partial charge is 0.309 e. The van der Waals surface area contributed by atoms with Crippen LogP contribution in [-0.4, -0.2) is 26.1 Å². The molecule has 0 amide bonds. The van der Waals surface area contributed by atoms with E-state index in [4.69, 9.17) is 0 Å². The van der Waals surface area contributed by atoms with Crippen LogP contribution in [0.1, 0.15) is 0 Å². The maximum Gasteiger partial charge on any atom is 0.243 e. The zero-order chi connectivity index (χ0) is 34.7. The third-order valence-corrected chi connectivity index (χ3v) is 18.5. The molecule has 4 heterocycles. The molecule has 0 bridgehead atoms. The molecule has 8 aromatic carbocycles. The maximum atomic E-state index is 2.50. The minimum Gasteiger partial charge on any atom is -0.309 e. The monoisotopic (exact) mass is 703 g/mol. The molecule has 0 unspecified atom stereocenters. The molecule has 1 spiro atoms. The second-order valence-electron chi connectivity index (χ2n) is 14.7. The lowest BCUT2D eigenvalue weighted by molar-refractivity contribution is 1.18. The van der Waals surface area contributed by atoms with Gasteiger partial charge in [0.25, 0.3) is 0 Å². The standard InChI is InChI=1S/C48H31B2NSSi/c1-7-20-40-34(14-1)35-15-2-8-21-41(35)51(40)33-30-28-32(29-31-33)49-37-17-4-10-24-44(37)53(45-25-11-5-18-38(45)49)46-26-12-6-19-39(46)50-36-16-3-9-22-42(36)52-43-23-13-27-47(53)48(43)50/h1-31H. The van der Waals surface area contributed by atoms with Crippen LogP contribution in [0.2, 0.25) is 0 Å². The smallest absolute Gasteiger partial charge is 0.243 e. The average Bonchev–Trinajstić information content (AvgIpc) is 3.56. The molecule has 0 saturated carbocycles. The lowest BCUT2D eigenvalue weighted by atomic mass is 9.36. The Bertz CT molecular complexity index is 2870. The van der Waals surface area contributed by atoms with E-state index in [1.807, 2.05) is 11.8 Å². The van der Waals surface area contributed by atoms with E-state index in [2.05, 4.69) is 193 Å². The Morgan fingerprint density at radius 2 is 0.849 bits per heavy atom. The third kappa shape index (κ3) is 3.91. The van der Waals surface area contributed by atoms with Crippen LogP contribution in [0, 0.1) is 0 Å². The van der Waals surface area contributed by atoms with Crippen LogP contribution < -0.4 is 53.5 Å². The molecule has 0 saturated heterocycles. The van der Waals surface area contributed by atoms with E-state index in [1.54, 1.807) is 5.19 Å². The van der Waals surface area contributed by atoms with Gasteiger partial charge in [0.15, 0.2) is 8.07 Å². The first-order valence-corrected chi connectivity index (χ1v) is 21.4. The highest BCUT2D eigenvalue weighted by atomic mass is 32.2. The molecular weight excluding hydrogens is 672 g/mol. The van der Waals surface area contributed by atoms with Gasteiger partial charge in [-0.25, -0.2) is 0 Å². The first kappa shape index (κ1) is 29.8. The van der Waals surface area contributed by atoms with Crippen LogP contribution in [0.3, 0.4) is 0 Å². The van der Waals surface area contributed by atoms with E-state index in [0.717, 1.165) is 0 Å². The second-order valence-corrected chi connectivity index (χ2v) is 19.4. The summed E-state index contributed by atoms with van der Waals surface area (Å²) in [5, 5.41) is 8.73. The van der Waals surface area contributed by atoms with Gasteiger partial charge in [0, 0.05) is 26.3 Å². The van der Waals surface area contributed by atoms with Gasteiger partial charge in [0.2, 0.25) is 13.4 Å². The minimum absolute atomic E-state index is 0.132. The Hall–Kier alpha value is -5.74. The van der Waals surface area contributed by atoms with Crippen molar-refractivity contribution >= 4 is 109 Å². The van der Waals surface area contributed by atoms with Crippen LogP contribution in [0.15, 0.2) is 198 Å². The quantitative estimate of drug-likeness (QED) is 0.244. The number of hydrogen-bond acceptors (Lipinski definition) is 1. The van der Waals surface area contributed by atoms with Crippen molar-refractivity contribution in [3.63, 3.8) is 0 Å². The Morgan fingerprint density at radius 1 is 0.377 bits per heavy atom. The average molecular weight is 704 g/mol. The molecule has 3 aliphatic rings.